The predicted octanol–water partition coefficient (Wildman–Crippen LogP) is 6.77. The fourth-order valence-corrected chi connectivity index (χ4v) is 5.91. The van der Waals surface area contributed by atoms with Crippen LogP contribution in [0.4, 0.5) is 0 Å². The molecule has 0 saturated heterocycles. The van der Waals surface area contributed by atoms with Gasteiger partial charge in [-0.15, -0.1) is 11.3 Å². The van der Waals surface area contributed by atoms with Crippen LogP contribution in [0.25, 0.3) is 10.2 Å². The highest BCUT2D eigenvalue weighted by molar-refractivity contribution is 14.1. The van der Waals surface area contributed by atoms with Crippen molar-refractivity contribution in [3.63, 3.8) is 0 Å². The molecule has 0 bridgehead atoms. The zero-order chi connectivity index (χ0) is 24.6. The molecule has 1 aromatic heterocycles. The molecule has 0 spiro atoms. The summed E-state index contributed by atoms with van der Waals surface area (Å²) >= 11 is 11.4. The van der Waals surface area contributed by atoms with Gasteiger partial charge in [-0.3, -0.25) is 4.79 Å². The lowest BCUT2D eigenvalue weighted by molar-refractivity contribution is -0.118. The van der Waals surface area contributed by atoms with Crippen LogP contribution in [0.1, 0.15) is 18.1 Å². The lowest BCUT2D eigenvalue weighted by atomic mass is 10.2. The first-order chi connectivity index (χ1) is 17.0. The average Bonchev–Trinajstić information content (AvgIpc) is 3.27. The first kappa shape index (κ1) is 25.7. The first-order valence-electron chi connectivity index (χ1n) is 10.7. The molecular weight excluding hydrogens is 617 g/mol. The van der Waals surface area contributed by atoms with Crippen molar-refractivity contribution in [2.45, 2.75) is 17.9 Å². The standard InChI is InChI=1S/C25H21ClIN3O3S2/c1-2-32-21-12-16(11-19(27)24(21)33-14-17-7-3-4-8-18(17)26)13-28-30-23(31)15-34-25-29-20-9-5-6-10-22(20)35-25/h3-13H,2,14-15H2,1H3,(H,30,31)/b28-13-. The highest BCUT2D eigenvalue weighted by atomic mass is 127. The van der Waals surface area contributed by atoms with Gasteiger partial charge in [0.2, 0.25) is 0 Å². The third kappa shape index (κ3) is 7.09. The number of benzene rings is 3. The third-order valence-electron chi connectivity index (χ3n) is 4.67. The van der Waals surface area contributed by atoms with Gasteiger partial charge >= 0.3 is 0 Å². The van der Waals surface area contributed by atoms with Gasteiger partial charge < -0.3 is 9.47 Å². The molecule has 0 saturated carbocycles. The monoisotopic (exact) mass is 637 g/mol. The van der Waals surface area contributed by atoms with Crippen molar-refractivity contribution >= 4 is 79.6 Å². The van der Waals surface area contributed by atoms with E-state index in [2.05, 4.69) is 38.1 Å². The number of amides is 1. The molecule has 0 atom stereocenters. The molecule has 1 N–H and O–H groups in total. The molecule has 0 unspecified atom stereocenters. The fraction of sp³-hybridized carbons (Fsp3) is 0.160. The summed E-state index contributed by atoms with van der Waals surface area (Å²) < 4.78 is 14.7. The Morgan fingerprint density at radius 2 is 2.00 bits per heavy atom. The Morgan fingerprint density at radius 1 is 1.20 bits per heavy atom. The second-order valence-electron chi connectivity index (χ2n) is 7.17. The van der Waals surface area contributed by atoms with E-state index < -0.39 is 0 Å². The molecule has 0 aliphatic heterocycles. The summed E-state index contributed by atoms with van der Waals surface area (Å²) in [4.78, 5) is 16.8. The Kier molecular flexibility index (Phi) is 9.25. The molecule has 10 heteroatoms. The molecule has 1 heterocycles. The highest BCUT2D eigenvalue weighted by Crippen LogP contribution is 2.35. The summed E-state index contributed by atoms with van der Waals surface area (Å²) in [6, 6.07) is 19.2. The number of aromatic nitrogens is 1. The summed E-state index contributed by atoms with van der Waals surface area (Å²) in [5.41, 5.74) is 5.19. The van der Waals surface area contributed by atoms with Gasteiger partial charge in [0, 0.05) is 10.6 Å². The topological polar surface area (TPSA) is 72.8 Å². The highest BCUT2D eigenvalue weighted by Gasteiger charge is 2.13. The minimum absolute atomic E-state index is 0.204. The number of carbonyl (C=O) groups excluding carboxylic acids is 1. The van der Waals surface area contributed by atoms with E-state index in [0.717, 1.165) is 29.3 Å². The van der Waals surface area contributed by atoms with Crippen LogP contribution in [0.15, 0.2) is 70.1 Å². The van der Waals surface area contributed by atoms with E-state index in [9.17, 15) is 4.79 Å². The maximum absolute atomic E-state index is 12.2. The lowest BCUT2D eigenvalue weighted by Gasteiger charge is -2.15. The average molecular weight is 638 g/mol. The van der Waals surface area contributed by atoms with Gasteiger partial charge in [0.25, 0.3) is 5.91 Å². The number of carbonyl (C=O) groups is 1. The molecule has 4 rings (SSSR count). The predicted molar refractivity (Wildman–Crippen MR) is 152 cm³/mol. The van der Waals surface area contributed by atoms with Crippen LogP contribution in [0.5, 0.6) is 11.5 Å². The third-order valence-corrected chi connectivity index (χ3v) is 8.01. The number of hydrogen-bond donors (Lipinski definition) is 1. The van der Waals surface area contributed by atoms with Gasteiger partial charge in [0.15, 0.2) is 15.8 Å². The Labute approximate surface area is 230 Å². The quantitative estimate of drug-likeness (QED) is 0.0899. The number of ether oxygens (including phenoxy) is 2. The van der Waals surface area contributed by atoms with E-state index in [0.29, 0.717) is 29.7 Å². The second-order valence-corrected chi connectivity index (χ2v) is 11.0. The van der Waals surface area contributed by atoms with Crippen LogP contribution in [-0.2, 0) is 11.4 Å². The van der Waals surface area contributed by atoms with Gasteiger partial charge in [-0.1, -0.05) is 53.7 Å². The first-order valence-corrected chi connectivity index (χ1v) is 13.9. The Morgan fingerprint density at radius 3 is 2.80 bits per heavy atom. The van der Waals surface area contributed by atoms with E-state index in [1.807, 2.05) is 67.6 Å². The second kappa shape index (κ2) is 12.6. The van der Waals surface area contributed by atoms with E-state index in [1.54, 1.807) is 17.6 Å². The number of rotatable bonds is 10. The molecule has 0 fully saturated rings. The molecule has 3 aromatic carbocycles. The summed E-state index contributed by atoms with van der Waals surface area (Å²) in [7, 11) is 0. The van der Waals surface area contributed by atoms with Gasteiger partial charge in [-0.05, 0) is 65.4 Å². The van der Waals surface area contributed by atoms with Gasteiger partial charge in [0.1, 0.15) is 6.61 Å². The molecule has 6 nitrogen and oxygen atoms in total. The van der Waals surface area contributed by atoms with Crippen molar-refractivity contribution in [1.29, 1.82) is 0 Å². The fourth-order valence-electron chi connectivity index (χ4n) is 3.08. The minimum atomic E-state index is -0.204. The van der Waals surface area contributed by atoms with Crippen molar-refractivity contribution < 1.29 is 14.3 Å². The number of hydrogen-bond acceptors (Lipinski definition) is 7. The van der Waals surface area contributed by atoms with Gasteiger partial charge in [-0.25, -0.2) is 10.4 Å². The number of hydrazone groups is 1. The summed E-state index contributed by atoms with van der Waals surface area (Å²) in [6.07, 6.45) is 1.59. The molecule has 1 amide bonds. The largest absolute Gasteiger partial charge is 0.490 e. The number of nitrogens with one attached hydrogen (secondary N) is 1. The zero-order valence-electron chi connectivity index (χ0n) is 18.7. The van der Waals surface area contributed by atoms with Crippen molar-refractivity contribution in [3.05, 3.63) is 80.4 Å². The summed E-state index contributed by atoms with van der Waals surface area (Å²) in [6.45, 7) is 2.72. The molecule has 180 valence electrons. The molecule has 0 radical (unpaired) electrons. The molecule has 4 aromatic rings. The Hall–Kier alpha value is -2.34. The number of thiazole rings is 1. The molecule has 0 aliphatic rings. The summed E-state index contributed by atoms with van der Waals surface area (Å²) in [5.74, 6) is 1.27. The van der Waals surface area contributed by atoms with Crippen molar-refractivity contribution in [1.82, 2.24) is 10.4 Å². The van der Waals surface area contributed by atoms with Crippen molar-refractivity contribution in [3.8, 4) is 11.5 Å². The van der Waals surface area contributed by atoms with Crippen LogP contribution >= 0.6 is 57.3 Å². The Balaban J connectivity index is 1.36. The van der Waals surface area contributed by atoms with Crippen LogP contribution in [0, 0.1) is 3.57 Å². The lowest BCUT2D eigenvalue weighted by Crippen LogP contribution is -2.19. The molecule has 0 aliphatic carbocycles. The smallest absolute Gasteiger partial charge is 0.250 e. The van der Waals surface area contributed by atoms with E-state index in [1.165, 1.54) is 11.8 Å². The van der Waals surface area contributed by atoms with E-state index in [4.69, 9.17) is 21.1 Å². The van der Waals surface area contributed by atoms with Crippen LogP contribution < -0.4 is 14.9 Å². The molecular formula is C25H21ClIN3O3S2. The van der Waals surface area contributed by atoms with Gasteiger partial charge in [-0.2, -0.15) is 5.10 Å². The van der Waals surface area contributed by atoms with Crippen LogP contribution in [0.3, 0.4) is 0 Å². The minimum Gasteiger partial charge on any atom is -0.490 e. The number of fused-ring (bicyclic) bond motifs is 1. The van der Waals surface area contributed by atoms with Crippen molar-refractivity contribution in [2.75, 3.05) is 12.4 Å². The SMILES string of the molecule is CCOc1cc(/C=N\NC(=O)CSc2nc3ccccc3s2)cc(I)c1OCc1ccccc1Cl. The van der Waals surface area contributed by atoms with Crippen LogP contribution in [0.2, 0.25) is 5.02 Å². The number of para-hydroxylation sites is 1. The maximum Gasteiger partial charge on any atom is 0.250 e. The van der Waals surface area contributed by atoms with E-state index in [-0.39, 0.29) is 11.7 Å². The zero-order valence-corrected chi connectivity index (χ0v) is 23.2. The summed E-state index contributed by atoms with van der Waals surface area (Å²) in [5, 5.41) is 4.76. The van der Waals surface area contributed by atoms with Crippen molar-refractivity contribution in [2.24, 2.45) is 5.10 Å². The number of nitrogens with zero attached hydrogens (tertiary/aromatic N) is 2. The normalized spacial score (nSPS) is 11.2. The maximum atomic E-state index is 12.2. The van der Waals surface area contributed by atoms with Crippen LogP contribution in [-0.4, -0.2) is 29.5 Å². The van der Waals surface area contributed by atoms with Gasteiger partial charge in [0.05, 0.1) is 32.4 Å². The van der Waals surface area contributed by atoms with E-state index >= 15 is 0 Å². The molecule has 35 heavy (non-hydrogen) atoms. The Bertz CT molecular complexity index is 1330. The number of thioether (sulfide) groups is 1. The number of halogens is 2.